The maximum Gasteiger partial charge on any atom is 0.415 e. The molecule has 0 amide bonds. The number of esters is 2. The van der Waals surface area contributed by atoms with Gasteiger partial charge in [-0.25, -0.2) is 9.59 Å². The van der Waals surface area contributed by atoms with E-state index in [1.807, 2.05) is 12.1 Å². The number of fused-ring (bicyclic) bond motifs is 1. The first kappa shape index (κ1) is 18.1. The zero-order valence-electron chi connectivity index (χ0n) is 11.8. The molecule has 0 unspecified atom stereocenters. The van der Waals surface area contributed by atoms with E-state index < -0.39 is 35.8 Å². The molecule has 0 saturated carbocycles. The molecular formula is C14H9F2O7S-. The van der Waals surface area contributed by atoms with E-state index in [9.17, 15) is 23.6 Å². The molecule has 0 bridgehead atoms. The summed E-state index contributed by atoms with van der Waals surface area (Å²) < 4.78 is 38.5. The van der Waals surface area contributed by atoms with Gasteiger partial charge < -0.3 is 14.7 Å². The van der Waals surface area contributed by atoms with Crippen LogP contribution in [0.1, 0.15) is 0 Å². The lowest BCUT2D eigenvalue weighted by Gasteiger charge is -2.13. The third-order valence-corrected chi connectivity index (χ3v) is 3.18. The molecule has 0 aliphatic carbocycles. The molecule has 2 aromatic rings. The molecule has 7 nitrogen and oxygen atoms in total. The quantitative estimate of drug-likeness (QED) is 0.243. The van der Waals surface area contributed by atoms with Crippen molar-refractivity contribution in [3.05, 3.63) is 42.5 Å². The van der Waals surface area contributed by atoms with Crippen LogP contribution in [-0.4, -0.2) is 23.8 Å². The Morgan fingerprint density at radius 2 is 1.83 bits per heavy atom. The number of halogens is 2. The Morgan fingerprint density at radius 1 is 1.12 bits per heavy atom. The van der Waals surface area contributed by atoms with E-state index in [-0.39, 0.29) is 5.75 Å². The summed E-state index contributed by atoms with van der Waals surface area (Å²) in [5.41, 5.74) is 0. The normalized spacial score (nSPS) is 11.3. The smallest absolute Gasteiger partial charge is 0.415 e. The lowest BCUT2D eigenvalue weighted by Crippen LogP contribution is -2.30. The zero-order valence-corrected chi connectivity index (χ0v) is 12.6. The van der Waals surface area contributed by atoms with Crippen molar-refractivity contribution in [1.29, 1.82) is 0 Å². The van der Waals surface area contributed by atoms with E-state index >= 15 is 0 Å². The van der Waals surface area contributed by atoms with Gasteiger partial charge in [0.2, 0.25) is 0 Å². The van der Waals surface area contributed by atoms with Gasteiger partial charge in [-0.15, -0.1) is 0 Å². The number of benzene rings is 2. The van der Waals surface area contributed by atoms with Gasteiger partial charge >= 0.3 is 17.2 Å². The van der Waals surface area contributed by atoms with Crippen LogP contribution in [0.5, 0.6) is 5.75 Å². The second-order valence-electron chi connectivity index (χ2n) is 4.30. The highest BCUT2D eigenvalue weighted by Crippen LogP contribution is 2.31. The topological polar surface area (TPSA) is 94.1 Å². The SMILES string of the molecule is O=C(COC(=O)C(F)(F)SOO[O-])Oc1ccc2ccccc2c1. The predicted octanol–water partition coefficient (Wildman–Crippen LogP) is 1.75. The Balaban J connectivity index is 1.89. The van der Waals surface area contributed by atoms with Gasteiger partial charge in [-0.2, -0.15) is 13.1 Å². The van der Waals surface area contributed by atoms with E-state index in [2.05, 4.69) is 14.1 Å². The molecule has 0 saturated heterocycles. The Kier molecular flexibility index (Phi) is 6.04. The number of ether oxygens (including phenoxy) is 2. The fourth-order valence-electron chi connectivity index (χ4n) is 1.69. The average molecular weight is 359 g/mol. The number of rotatable bonds is 7. The van der Waals surface area contributed by atoms with Crippen molar-refractivity contribution in [2.24, 2.45) is 0 Å². The molecule has 2 rings (SSSR count). The second-order valence-corrected chi connectivity index (χ2v) is 5.11. The van der Waals surface area contributed by atoms with Gasteiger partial charge in [0.1, 0.15) is 17.8 Å². The van der Waals surface area contributed by atoms with Crippen molar-refractivity contribution in [3.63, 3.8) is 0 Å². The lowest BCUT2D eigenvalue weighted by atomic mass is 10.1. The Bertz CT molecular complexity index is 738. The average Bonchev–Trinajstić information content (AvgIpc) is 2.57. The molecular weight excluding hydrogens is 350 g/mol. The van der Waals surface area contributed by atoms with Crippen LogP contribution in [0.15, 0.2) is 42.5 Å². The van der Waals surface area contributed by atoms with Crippen LogP contribution >= 0.6 is 12.0 Å². The number of hydrogen-bond acceptors (Lipinski definition) is 8. The third kappa shape index (κ3) is 4.86. The zero-order chi connectivity index (χ0) is 17.6. The minimum atomic E-state index is -4.21. The number of hydrogen-bond donors (Lipinski definition) is 0. The molecule has 0 N–H and O–H groups in total. The van der Waals surface area contributed by atoms with Crippen molar-refractivity contribution in [3.8, 4) is 5.75 Å². The fourth-order valence-corrected chi connectivity index (χ4v) is 1.93. The van der Waals surface area contributed by atoms with E-state index in [0.717, 1.165) is 10.8 Å². The molecule has 0 aliphatic heterocycles. The van der Waals surface area contributed by atoms with Gasteiger partial charge in [-0.3, -0.25) is 5.04 Å². The van der Waals surface area contributed by atoms with Gasteiger partial charge in [0, 0.05) is 0 Å². The Morgan fingerprint density at radius 3 is 2.54 bits per heavy atom. The molecule has 128 valence electrons. The molecule has 10 heteroatoms. The Hall–Kier alpha value is -2.27. The van der Waals surface area contributed by atoms with Gasteiger partial charge in [0.05, 0.1) is 0 Å². The van der Waals surface area contributed by atoms with Crippen molar-refractivity contribution in [2.45, 2.75) is 5.25 Å². The number of carbonyl (C=O) groups is 2. The first-order valence-corrected chi connectivity index (χ1v) is 7.05. The summed E-state index contributed by atoms with van der Waals surface area (Å²) in [5.74, 6) is -2.97. The van der Waals surface area contributed by atoms with Gasteiger partial charge in [0.25, 0.3) is 0 Å². The van der Waals surface area contributed by atoms with Crippen molar-refractivity contribution in [1.82, 2.24) is 0 Å². The monoisotopic (exact) mass is 359 g/mol. The first-order valence-electron chi connectivity index (χ1n) is 6.31. The maximum absolute atomic E-state index is 13.0. The van der Waals surface area contributed by atoms with Crippen LogP contribution in [-0.2, 0) is 23.7 Å². The summed E-state index contributed by atoms with van der Waals surface area (Å²) in [6, 6.07) is 12.1. The lowest BCUT2D eigenvalue weighted by molar-refractivity contribution is -0.777. The minimum Gasteiger partial charge on any atom is -0.691 e. The molecule has 0 heterocycles. The summed E-state index contributed by atoms with van der Waals surface area (Å²) in [7, 11) is 0. The van der Waals surface area contributed by atoms with Crippen molar-refractivity contribution >= 4 is 34.8 Å². The minimum absolute atomic E-state index is 0.166. The molecule has 0 fully saturated rings. The second kappa shape index (κ2) is 8.02. The fraction of sp³-hybridized carbons (Fsp3) is 0.143. The standard InChI is InChI=1S/C14H10F2O7S/c15-14(16,24-23-22-19)13(18)20-8-12(17)21-11-6-5-9-3-1-2-4-10(9)7-11/h1-7,19H,8H2/p-1. The maximum atomic E-state index is 13.0. The Labute approximate surface area is 138 Å². The predicted molar refractivity (Wildman–Crippen MR) is 75.3 cm³/mol. The highest BCUT2D eigenvalue weighted by atomic mass is 32.2. The number of alkyl halides is 2. The summed E-state index contributed by atoms with van der Waals surface area (Å²) in [4.78, 5) is 22.6. The summed E-state index contributed by atoms with van der Waals surface area (Å²) in [6.45, 7) is -1.04. The molecule has 0 spiro atoms. The number of carbonyl (C=O) groups excluding carboxylic acids is 2. The largest absolute Gasteiger partial charge is 0.691 e. The van der Waals surface area contributed by atoms with Gasteiger partial charge in [-0.05, 0) is 22.9 Å². The van der Waals surface area contributed by atoms with E-state index in [4.69, 9.17) is 4.74 Å². The molecule has 0 aliphatic rings. The molecule has 0 atom stereocenters. The van der Waals surface area contributed by atoms with E-state index in [0.29, 0.717) is 0 Å². The van der Waals surface area contributed by atoms with Crippen molar-refractivity contribution in [2.75, 3.05) is 6.61 Å². The first-order chi connectivity index (χ1) is 11.4. The van der Waals surface area contributed by atoms with Crippen LogP contribution in [0.4, 0.5) is 8.78 Å². The third-order valence-electron chi connectivity index (χ3n) is 2.68. The van der Waals surface area contributed by atoms with Crippen LogP contribution in [0, 0.1) is 0 Å². The van der Waals surface area contributed by atoms with Crippen LogP contribution in [0.2, 0.25) is 0 Å². The highest BCUT2D eigenvalue weighted by Gasteiger charge is 2.44. The molecule has 0 aromatic heterocycles. The van der Waals surface area contributed by atoms with Crippen LogP contribution in [0.25, 0.3) is 10.8 Å². The molecule has 0 radical (unpaired) electrons. The molecule has 2 aromatic carbocycles. The molecule has 24 heavy (non-hydrogen) atoms. The van der Waals surface area contributed by atoms with Crippen LogP contribution < -0.4 is 9.99 Å². The van der Waals surface area contributed by atoms with Gasteiger partial charge in [0.15, 0.2) is 6.61 Å². The van der Waals surface area contributed by atoms with Crippen molar-refractivity contribution < 1.29 is 42.5 Å². The van der Waals surface area contributed by atoms with E-state index in [1.165, 1.54) is 6.07 Å². The van der Waals surface area contributed by atoms with Gasteiger partial charge in [-0.1, -0.05) is 30.3 Å². The van der Waals surface area contributed by atoms with E-state index in [1.54, 1.807) is 24.3 Å². The summed E-state index contributed by atoms with van der Waals surface area (Å²) in [6.07, 6.45) is 0. The van der Waals surface area contributed by atoms with Crippen LogP contribution in [0.3, 0.4) is 0 Å². The summed E-state index contributed by atoms with van der Waals surface area (Å²) in [5, 5.41) is 9.67. The summed E-state index contributed by atoms with van der Waals surface area (Å²) >= 11 is -0.851. The highest BCUT2D eigenvalue weighted by molar-refractivity contribution is 7.96.